The molecular formula is C27H29F6N3O. The second kappa shape index (κ2) is 10.2. The number of benzene rings is 2. The number of aromatic amines is 1. The van der Waals surface area contributed by atoms with Gasteiger partial charge in [0.2, 0.25) is 0 Å². The van der Waals surface area contributed by atoms with E-state index in [9.17, 15) is 26.3 Å². The molecule has 2 aromatic carbocycles. The summed E-state index contributed by atoms with van der Waals surface area (Å²) in [5.41, 5.74) is 1.13. The third-order valence-corrected chi connectivity index (χ3v) is 7.69. The van der Waals surface area contributed by atoms with Crippen LogP contribution in [0, 0.1) is 5.92 Å². The van der Waals surface area contributed by atoms with Crippen molar-refractivity contribution in [1.82, 2.24) is 14.9 Å². The summed E-state index contributed by atoms with van der Waals surface area (Å²) in [6.07, 6.45) is -4.16. The van der Waals surface area contributed by atoms with Crippen LogP contribution in [0.4, 0.5) is 26.3 Å². The highest BCUT2D eigenvalue weighted by atomic mass is 19.4. The molecule has 0 atom stereocenters. The van der Waals surface area contributed by atoms with Crippen molar-refractivity contribution in [2.75, 3.05) is 13.1 Å². The minimum Gasteiger partial charge on any atom is -0.490 e. The monoisotopic (exact) mass is 525 g/mol. The Morgan fingerprint density at radius 3 is 2.27 bits per heavy atom. The molecule has 0 amide bonds. The zero-order valence-corrected chi connectivity index (χ0v) is 20.2. The fourth-order valence-corrected chi connectivity index (χ4v) is 5.68. The van der Waals surface area contributed by atoms with Gasteiger partial charge in [0.15, 0.2) is 0 Å². The SMILES string of the molecule is FC(F)(F)c1c(OC2CCC(C(F)(F)F)CC2)ccc2cc(CN3CCC(c4c[nH]cn4)CC3)ccc12. The van der Waals surface area contributed by atoms with Crippen molar-refractivity contribution < 1.29 is 31.1 Å². The number of piperidine rings is 1. The zero-order valence-electron chi connectivity index (χ0n) is 20.2. The second-order valence-electron chi connectivity index (χ2n) is 10.2. The molecule has 0 spiro atoms. The number of hydrogen-bond acceptors (Lipinski definition) is 3. The van der Waals surface area contributed by atoms with E-state index in [1.165, 1.54) is 12.1 Å². The first-order valence-corrected chi connectivity index (χ1v) is 12.6. The summed E-state index contributed by atoms with van der Waals surface area (Å²) in [5, 5.41) is 0.499. The summed E-state index contributed by atoms with van der Waals surface area (Å²) in [6.45, 7) is 2.41. The average Bonchev–Trinajstić information content (AvgIpc) is 3.38. The lowest BCUT2D eigenvalue weighted by Crippen LogP contribution is -2.32. The van der Waals surface area contributed by atoms with Gasteiger partial charge in [-0.3, -0.25) is 4.90 Å². The summed E-state index contributed by atoms with van der Waals surface area (Å²) in [5.74, 6) is -1.32. The van der Waals surface area contributed by atoms with Crippen molar-refractivity contribution in [2.45, 2.75) is 69.4 Å². The van der Waals surface area contributed by atoms with E-state index < -0.39 is 29.9 Å². The molecule has 1 aliphatic heterocycles. The average molecular weight is 526 g/mol. The Balaban J connectivity index is 1.29. The highest BCUT2D eigenvalue weighted by molar-refractivity contribution is 5.89. The molecule has 2 heterocycles. The van der Waals surface area contributed by atoms with Crippen molar-refractivity contribution >= 4 is 10.8 Å². The van der Waals surface area contributed by atoms with Crippen LogP contribution in [0.2, 0.25) is 0 Å². The first-order chi connectivity index (χ1) is 17.6. The first kappa shape index (κ1) is 25.9. The normalized spacial score (nSPS) is 22.4. The third-order valence-electron chi connectivity index (χ3n) is 7.69. The minimum atomic E-state index is -4.66. The number of rotatable bonds is 5. The Morgan fingerprint density at radius 1 is 0.919 bits per heavy atom. The molecule has 3 aromatic rings. The highest BCUT2D eigenvalue weighted by Crippen LogP contribution is 2.44. The number of nitrogens with zero attached hydrogens (tertiary/aromatic N) is 2. The van der Waals surface area contributed by atoms with Crippen LogP contribution in [-0.4, -0.2) is 40.2 Å². The van der Waals surface area contributed by atoms with Crippen LogP contribution in [0.25, 0.3) is 10.8 Å². The van der Waals surface area contributed by atoms with E-state index in [0.29, 0.717) is 17.8 Å². The molecule has 1 saturated carbocycles. The Bertz CT molecular complexity index is 1190. The van der Waals surface area contributed by atoms with E-state index in [-0.39, 0.29) is 36.8 Å². The number of fused-ring (bicyclic) bond motifs is 1. The van der Waals surface area contributed by atoms with Crippen LogP contribution in [0.1, 0.15) is 61.3 Å². The Labute approximate surface area is 211 Å². The molecule has 1 aromatic heterocycles. The fraction of sp³-hybridized carbons (Fsp3) is 0.519. The third kappa shape index (κ3) is 5.89. The van der Waals surface area contributed by atoms with Gasteiger partial charge in [0.1, 0.15) is 11.3 Å². The molecule has 0 radical (unpaired) electrons. The summed E-state index contributed by atoms with van der Waals surface area (Å²) in [4.78, 5) is 9.63. The van der Waals surface area contributed by atoms with E-state index in [1.807, 2.05) is 6.20 Å². The maximum atomic E-state index is 14.1. The van der Waals surface area contributed by atoms with Gasteiger partial charge in [-0.1, -0.05) is 18.2 Å². The van der Waals surface area contributed by atoms with Gasteiger partial charge in [0.25, 0.3) is 0 Å². The predicted octanol–water partition coefficient (Wildman–Crippen LogP) is 7.46. The lowest BCUT2D eigenvalue weighted by Gasteiger charge is -2.31. The maximum Gasteiger partial charge on any atom is 0.420 e. The Kier molecular flexibility index (Phi) is 7.13. The van der Waals surface area contributed by atoms with Crippen molar-refractivity contribution in [3.05, 3.63) is 59.7 Å². The first-order valence-electron chi connectivity index (χ1n) is 12.6. The molecule has 0 unspecified atom stereocenters. The van der Waals surface area contributed by atoms with E-state index >= 15 is 0 Å². The number of ether oxygens (including phenoxy) is 1. The summed E-state index contributed by atoms with van der Waals surface area (Å²) < 4.78 is 86.9. The van der Waals surface area contributed by atoms with Crippen LogP contribution in [-0.2, 0) is 12.7 Å². The van der Waals surface area contributed by atoms with Gasteiger partial charge in [-0.2, -0.15) is 26.3 Å². The van der Waals surface area contributed by atoms with E-state index in [0.717, 1.165) is 37.2 Å². The number of imidazole rings is 1. The van der Waals surface area contributed by atoms with Crippen LogP contribution in [0.3, 0.4) is 0 Å². The fourth-order valence-electron chi connectivity index (χ4n) is 5.68. The molecule has 1 N–H and O–H groups in total. The highest BCUT2D eigenvalue weighted by Gasteiger charge is 2.42. The number of nitrogens with one attached hydrogen (secondary N) is 1. The molecule has 200 valence electrons. The second-order valence-corrected chi connectivity index (χ2v) is 10.2. The molecule has 1 saturated heterocycles. The summed E-state index contributed by atoms with van der Waals surface area (Å²) >= 11 is 0. The predicted molar refractivity (Wildman–Crippen MR) is 127 cm³/mol. The van der Waals surface area contributed by atoms with Crippen LogP contribution in [0.15, 0.2) is 42.9 Å². The van der Waals surface area contributed by atoms with Crippen molar-refractivity contribution in [3.8, 4) is 5.75 Å². The molecule has 2 fully saturated rings. The van der Waals surface area contributed by atoms with Gasteiger partial charge in [-0.15, -0.1) is 0 Å². The molecule has 2 aliphatic rings. The van der Waals surface area contributed by atoms with Gasteiger partial charge >= 0.3 is 12.4 Å². The lowest BCUT2D eigenvalue weighted by molar-refractivity contribution is -0.185. The smallest absolute Gasteiger partial charge is 0.420 e. The summed E-state index contributed by atoms with van der Waals surface area (Å²) in [7, 11) is 0. The number of aromatic nitrogens is 2. The van der Waals surface area contributed by atoms with E-state index in [4.69, 9.17) is 4.74 Å². The van der Waals surface area contributed by atoms with Gasteiger partial charge in [0.05, 0.1) is 24.0 Å². The molecule has 1 aliphatic carbocycles. The topological polar surface area (TPSA) is 41.1 Å². The standard InChI is InChI=1S/C27H29F6N3O/c28-26(29,30)20-3-5-21(6-4-20)37-24-8-2-19-13-17(1-7-22(19)25(24)27(31,32)33)15-36-11-9-18(10-12-36)23-14-34-16-35-23/h1-2,7-8,13-14,16,18,20-21H,3-6,9-12,15H2,(H,34,35). The van der Waals surface area contributed by atoms with Crippen molar-refractivity contribution in [3.63, 3.8) is 0 Å². The molecule has 5 rings (SSSR count). The number of halogens is 6. The van der Waals surface area contributed by atoms with Gasteiger partial charge in [0, 0.05) is 18.7 Å². The number of hydrogen-bond donors (Lipinski definition) is 1. The van der Waals surface area contributed by atoms with Crippen LogP contribution in [0.5, 0.6) is 5.75 Å². The molecule has 10 heteroatoms. The Hall–Kier alpha value is -2.75. The largest absolute Gasteiger partial charge is 0.490 e. The Morgan fingerprint density at radius 2 is 1.65 bits per heavy atom. The molecule has 0 bridgehead atoms. The van der Waals surface area contributed by atoms with E-state index in [1.54, 1.807) is 24.5 Å². The molecule has 4 nitrogen and oxygen atoms in total. The van der Waals surface area contributed by atoms with Crippen LogP contribution >= 0.6 is 0 Å². The minimum absolute atomic E-state index is 0.0370. The van der Waals surface area contributed by atoms with Crippen molar-refractivity contribution in [2.24, 2.45) is 5.92 Å². The zero-order chi connectivity index (χ0) is 26.2. The number of H-pyrrole nitrogens is 1. The maximum absolute atomic E-state index is 14.1. The van der Waals surface area contributed by atoms with Gasteiger partial charge < -0.3 is 9.72 Å². The number of likely N-dealkylation sites (tertiary alicyclic amines) is 1. The molecular weight excluding hydrogens is 496 g/mol. The van der Waals surface area contributed by atoms with Gasteiger partial charge in [-0.05, 0) is 80.1 Å². The lowest BCUT2D eigenvalue weighted by atomic mass is 9.87. The van der Waals surface area contributed by atoms with Crippen molar-refractivity contribution in [1.29, 1.82) is 0 Å². The summed E-state index contributed by atoms with van der Waals surface area (Å²) in [6, 6.07) is 7.89. The molecule has 37 heavy (non-hydrogen) atoms. The quantitative estimate of drug-likeness (QED) is 0.352. The van der Waals surface area contributed by atoms with Crippen LogP contribution < -0.4 is 4.74 Å². The van der Waals surface area contributed by atoms with E-state index in [2.05, 4.69) is 14.9 Å². The van der Waals surface area contributed by atoms with Gasteiger partial charge in [-0.25, -0.2) is 4.98 Å². The number of alkyl halides is 6.